The van der Waals surface area contributed by atoms with E-state index in [0.717, 1.165) is 0 Å². The molecule has 2 rings (SSSR count). The Bertz CT molecular complexity index is 587. The molecule has 0 aliphatic heterocycles. The van der Waals surface area contributed by atoms with Crippen molar-refractivity contribution in [2.24, 2.45) is 0 Å². The number of pyridine rings is 1. The molecule has 0 saturated carbocycles. The van der Waals surface area contributed by atoms with Gasteiger partial charge < -0.3 is 4.74 Å². The number of hydrogen-bond donors (Lipinski definition) is 0. The van der Waals surface area contributed by atoms with Crippen LogP contribution in [0.5, 0.6) is 0 Å². The van der Waals surface area contributed by atoms with E-state index in [1.807, 2.05) is 0 Å². The van der Waals surface area contributed by atoms with Crippen molar-refractivity contribution in [3.8, 4) is 11.3 Å². The highest BCUT2D eigenvalue weighted by molar-refractivity contribution is 6.33. The molecule has 0 amide bonds. The topological polar surface area (TPSA) is 65.0 Å². The van der Waals surface area contributed by atoms with E-state index in [1.54, 1.807) is 6.07 Å². The number of nitrogens with zero attached hydrogens (tertiary/aromatic N) is 3. The van der Waals surface area contributed by atoms with E-state index in [9.17, 15) is 4.79 Å². The molecule has 7 heteroatoms. The third kappa shape index (κ3) is 2.57. The summed E-state index contributed by atoms with van der Waals surface area (Å²) in [5.41, 5.74) is 1.30. The summed E-state index contributed by atoms with van der Waals surface area (Å²) in [5, 5.41) is 0.443. The van der Waals surface area contributed by atoms with Gasteiger partial charge in [0.25, 0.3) is 0 Å². The van der Waals surface area contributed by atoms with Crippen LogP contribution < -0.4 is 0 Å². The molecule has 2 heterocycles. The maximum atomic E-state index is 11.2. The predicted octanol–water partition coefficient (Wildman–Crippen LogP) is 2.63. The second-order valence-electron chi connectivity index (χ2n) is 3.26. The van der Waals surface area contributed by atoms with Crippen LogP contribution in [0.25, 0.3) is 11.3 Å². The molecule has 0 spiro atoms. The lowest BCUT2D eigenvalue weighted by Crippen LogP contribution is -2.03. The van der Waals surface area contributed by atoms with Crippen LogP contribution in [-0.2, 0) is 4.74 Å². The SMILES string of the molecule is COC(=O)c1ccc(-c2nc(Cl)ncc2Cl)cn1. The molecule has 92 valence electrons. The second kappa shape index (κ2) is 5.29. The minimum Gasteiger partial charge on any atom is -0.464 e. The number of esters is 1. The highest BCUT2D eigenvalue weighted by atomic mass is 35.5. The van der Waals surface area contributed by atoms with E-state index in [2.05, 4.69) is 19.7 Å². The van der Waals surface area contributed by atoms with Gasteiger partial charge in [0, 0.05) is 11.8 Å². The number of rotatable bonds is 2. The molecule has 0 saturated heterocycles. The van der Waals surface area contributed by atoms with Crippen LogP contribution in [0.4, 0.5) is 0 Å². The maximum absolute atomic E-state index is 11.2. The highest BCUT2D eigenvalue weighted by Crippen LogP contribution is 2.25. The lowest BCUT2D eigenvalue weighted by Gasteiger charge is -2.04. The van der Waals surface area contributed by atoms with Gasteiger partial charge >= 0.3 is 5.97 Å². The first-order chi connectivity index (χ1) is 8.61. The van der Waals surface area contributed by atoms with E-state index < -0.39 is 5.97 Å². The molecule has 0 radical (unpaired) electrons. The number of halogens is 2. The first kappa shape index (κ1) is 12.7. The first-order valence-corrected chi connectivity index (χ1v) is 5.60. The Hall–Kier alpha value is -1.72. The fourth-order valence-electron chi connectivity index (χ4n) is 1.31. The molecule has 2 aromatic heterocycles. The average Bonchev–Trinajstić information content (AvgIpc) is 2.41. The number of carbonyl (C=O) groups is 1. The summed E-state index contributed by atoms with van der Waals surface area (Å²) >= 11 is 11.7. The van der Waals surface area contributed by atoms with Gasteiger partial charge in [0.2, 0.25) is 5.28 Å². The smallest absolute Gasteiger partial charge is 0.356 e. The van der Waals surface area contributed by atoms with Crippen LogP contribution in [-0.4, -0.2) is 28.0 Å². The molecule has 0 bridgehead atoms. The van der Waals surface area contributed by atoms with Gasteiger partial charge in [-0.05, 0) is 23.7 Å². The molecule has 2 aromatic rings. The summed E-state index contributed by atoms with van der Waals surface area (Å²) in [7, 11) is 1.29. The van der Waals surface area contributed by atoms with Gasteiger partial charge in [0.05, 0.1) is 24.0 Å². The van der Waals surface area contributed by atoms with Crippen LogP contribution in [0.3, 0.4) is 0 Å². The summed E-state index contributed by atoms with van der Waals surface area (Å²) < 4.78 is 4.55. The minimum absolute atomic E-state index is 0.0893. The number of hydrogen-bond acceptors (Lipinski definition) is 5. The minimum atomic E-state index is -0.506. The summed E-state index contributed by atoms with van der Waals surface area (Å²) in [6.45, 7) is 0. The van der Waals surface area contributed by atoms with Crippen LogP contribution in [0, 0.1) is 0 Å². The zero-order valence-corrected chi connectivity index (χ0v) is 10.7. The molecular formula is C11H7Cl2N3O2. The van der Waals surface area contributed by atoms with E-state index >= 15 is 0 Å². The third-order valence-electron chi connectivity index (χ3n) is 2.15. The van der Waals surface area contributed by atoms with Crippen molar-refractivity contribution in [1.82, 2.24) is 15.0 Å². The average molecular weight is 284 g/mol. The Labute approximate surface area is 113 Å². The summed E-state index contributed by atoms with van der Waals surface area (Å²) in [4.78, 5) is 22.9. The fraction of sp³-hybridized carbons (Fsp3) is 0.0909. The predicted molar refractivity (Wildman–Crippen MR) is 66.6 cm³/mol. The van der Waals surface area contributed by atoms with Crippen LogP contribution in [0.1, 0.15) is 10.5 Å². The molecule has 0 N–H and O–H groups in total. The van der Waals surface area contributed by atoms with Crippen LogP contribution >= 0.6 is 23.2 Å². The molecule has 0 aliphatic rings. The van der Waals surface area contributed by atoms with E-state index in [0.29, 0.717) is 16.3 Å². The van der Waals surface area contributed by atoms with Crippen LogP contribution in [0.15, 0.2) is 24.5 Å². The largest absolute Gasteiger partial charge is 0.464 e. The molecule has 18 heavy (non-hydrogen) atoms. The number of methoxy groups -OCH3 is 1. The first-order valence-electron chi connectivity index (χ1n) is 4.84. The molecule has 0 aliphatic carbocycles. The van der Waals surface area contributed by atoms with Crippen molar-refractivity contribution in [3.63, 3.8) is 0 Å². The molecule has 0 aromatic carbocycles. The molecule has 0 atom stereocenters. The Morgan fingerprint density at radius 2 is 2.00 bits per heavy atom. The van der Waals surface area contributed by atoms with Crippen molar-refractivity contribution in [2.75, 3.05) is 7.11 Å². The zero-order chi connectivity index (χ0) is 13.1. The highest BCUT2D eigenvalue weighted by Gasteiger charge is 2.10. The van der Waals surface area contributed by atoms with Gasteiger partial charge in [-0.2, -0.15) is 0 Å². The van der Waals surface area contributed by atoms with E-state index in [-0.39, 0.29) is 11.0 Å². The monoisotopic (exact) mass is 283 g/mol. The zero-order valence-electron chi connectivity index (χ0n) is 9.22. The van der Waals surface area contributed by atoms with Gasteiger partial charge in [-0.1, -0.05) is 11.6 Å². The molecule has 5 nitrogen and oxygen atoms in total. The van der Waals surface area contributed by atoms with E-state index in [4.69, 9.17) is 23.2 Å². The van der Waals surface area contributed by atoms with E-state index in [1.165, 1.54) is 25.6 Å². The molecular weight excluding hydrogens is 277 g/mol. The Balaban J connectivity index is 2.40. The number of carbonyl (C=O) groups excluding carboxylic acids is 1. The van der Waals surface area contributed by atoms with Gasteiger partial charge in [-0.3, -0.25) is 0 Å². The van der Waals surface area contributed by atoms with Gasteiger partial charge in [-0.25, -0.2) is 19.7 Å². The maximum Gasteiger partial charge on any atom is 0.356 e. The van der Waals surface area contributed by atoms with Gasteiger partial charge in [-0.15, -0.1) is 0 Å². The van der Waals surface area contributed by atoms with Crippen molar-refractivity contribution >= 4 is 29.2 Å². The van der Waals surface area contributed by atoms with Crippen molar-refractivity contribution in [2.45, 2.75) is 0 Å². The second-order valence-corrected chi connectivity index (χ2v) is 4.00. The third-order valence-corrected chi connectivity index (χ3v) is 2.60. The normalized spacial score (nSPS) is 10.2. The number of ether oxygens (including phenoxy) is 1. The Morgan fingerprint density at radius 3 is 2.61 bits per heavy atom. The van der Waals surface area contributed by atoms with Crippen molar-refractivity contribution in [1.29, 1.82) is 0 Å². The standard InChI is InChI=1S/C11H7Cl2N3O2/c1-18-10(17)8-3-2-6(4-14-8)9-7(12)5-15-11(13)16-9/h2-5H,1H3. The van der Waals surface area contributed by atoms with Crippen molar-refractivity contribution < 1.29 is 9.53 Å². The summed E-state index contributed by atoms with van der Waals surface area (Å²) in [6, 6.07) is 3.18. The van der Waals surface area contributed by atoms with Crippen molar-refractivity contribution in [3.05, 3.63) is 40.5 Å². The summed E-state index contributed by atoms with van der Waals surface area (Å²) in [6.07, 6.45) is 2.87. The Kier molecular flexibility index (Phi) is 3.74. The number of aromatic nitrogens is 3. The van der Waals surface area contributed by atoms with Gasteiger partial charge in [0.1, 0.15) is 5.69 Å². The van der Waals surface area contributed by atoms with Gasteiger partial charge in [0.15, 0.2) is 0 Å². The lowest BCUT2D eigenvalue weighted by molar-refractivity contribution is 0.0594. The fourth-order valence-corrected chi connectivity index (χ4v) is 1.64. The summed E-state index contributed by atoms with van der Waals surface area (Å²) in [5.74, 6) is -0.506. The molecule has 0 fully saturated rings. The molecule has 0 unspecified atom stereocenters. The lowest BCUT2D eigenvalue weighted by atomic mass is 10.2. The van der Waals surface area contributed by atoms with Crippen LogP contribution in [0.2, 0.25) is 10.3 Å². The quantitative estimate of drug-likeness (QED) is 0.626. The Morgan fingerprint density at radius 1 is 1.22 bits per heavy atom.